The molecule has 0 radical (unpaired) electrons. The SMILES string of the molecule is CC(=O)Nc1ccc(CCNc2ccc([N+](=O)[O-])c(C)c2)cc1. The first-order chi connectivity index (χ1) is 11.0. The number of carbonyl (C=O) groups excluding carboxylic acids is 1. The van der Waals surface area contributed by atoms with E-state index < -0.39 is 0 Å². The molecule has 0 spiro atoms. The topological polar surface area (TPSA) is 84.3 Å². The molecular weight excluding hydrogens is 294 g/mol. The number of nitro benzene ring substituents is 1. The van der Waals surface area contributed by atoms with Gasteiger partial charge in [-0.05, 0) is 43.2 Å². The van der Waals surface area contributed by atoms with Crippen LogP contribution in [0.4, 0.5) is 17.1 Å². The summed E-state index contributed by atoms with van der Waals surface area (Å²) in [6.45, 7) is 3.92. The fourth-order valence-electron chi connectivity index (χ4n) is 2.28. The van der Waals surface area contributed by atoms with Gasteiger partial charge in [0.1, 0.15) is 0 Å². The normalized spacial score (nSPS) is 10.2. The van der Waals surface area contributed by atoms with Crippen LogP contribution in [0.3, 0.4) is 0 Å². The lowest BCUT2D eigenvalue weighted by Crippen LogP contribution is -2.07. The van der Waals surface area contributed by atoms with Crippen molar-refractivity contribution in [3.8, 4) is 0 Å². The number of nitrogens with zero attached hydrogens (tertiary/aromatic N) is 1. The van der Waals surface area contributed by atoms with Crippen LogP contribution in [0.1, 0.15) is 18.1 Å². The van der Waals surface area contributed by atoms with Gasteiger partial charge in [-0.1, -0.05) is 12.1 Å². The third-order valence-electron chi connectivity index (χ3n) is 3.41. The highest BCUT2D eigenvalue weighted by Gasteiger charge is 2.09. The van der Waals surface area contributed by atoms with E-state index in [-0.39, 0.29) is 16.5 Å². The van der Waals surface area contributed by atoms with Crippen LogP contribution in [0.25, 0.3) is 0 Å². The lowest BCUT2D eigenvalue weighted by atomic mass is 10.1. The molecule has 2 aromatic rings. The number of hydrogen-bond donors (Lipinski definition) is 2. The Morgan fingerprint density at radius 3 is 2.35 bits per heavy atom. The Morgan fingerprint density at radius 2 is 1.78 bits per heavy atom. The predicted molar refractivity (Wildman–Crippen MR) is 90.8 cm³/mol. The number of nitro groups is 1. The van der Waals surface area contributed by atoms with Crippen LogP contribution < -0.4 is 10.6 Å². The maximum Gasteiger partial charge on any atom is 0.272 e. The van der Waals surface area contributed by atoms with Crippen LogP contribution in [-0.4, -0.2) is 17.4 Å². The second kappa shape index (κ2) is 7.40. The van der Waals surface area contributed by atoms with Crippen LogP contribution in [0.2, 0.25) is 0 Å². The van der Waals surface area contributed by atoms with Gasteiger partial charge in [0.05, 0.1) is 4.92 Å². The van der Waals surface area contributed by atoms with Gasteiger partial charge in [-0.15, -0.1) is 0 Å². The molecule has 2 rings (SSSR count). The molecule has 0 aromatic heterocycles. The van der Waals surface area contributed by atoms with E-state index in [0.29, 0.717) is 5.56 Å². The molecular formula is C17H19N3O3. The van der Waals surface area contributed by atoms with Gasteiger partial charge in [0, 0.05) is 36.5 Å². The summed E-state index contributed by atoms with van der Waals surface area (Å²) in [7, 11) is 0. The fraction of sp³-hybridized carbons (Fsp3) is 0.235. The van der Waals surface area contributed by atoms with Gasteiger partial charge in [0.25, 0.3) is 5.69 Å². The quantitative estimate of drug-likeness (QED) is 0.631. The second-order valence-corrected chi connectivity index (χ2v) is 5.31. The first-order valence-electron chi connectivity index (χ1n) is 7.31. The molecule has 0 atom stereocenters. The number of amides is 1. The van der Waals surface area contributed by atoms with Gasteiger partial charge in [-0.2, -0.15) is 0 Å². The highest BCUT2D eigenvalue weighted by molar-refractivity contribution is 5.88. The van der Waals surface area contributed by atoms with Crippen molar-refractivity contribution in [3.63, 3.8) is 0 Å². The number of carbonyl (C=O) groups is 1. The average molecular weight is 313 g/mol. The van der Waals surface area contributed by atoms with Gasteiger partial charge in [-0.3, -0.25) is 14.9 Å². The van der Waals surface area contributed by atoms with E-state index in [9.17, 15) is 14.9 Å². The molecule has 0 bridgehead atoms. The molecule has 0 saturated carbocycles. The van der Waals surface area contributed by atoms with Gasteiger partial charge < -0.3 is 10.6 Å². The van der Waals surface area contributed by atoms with Crippen LogP contribution in [0.15, 0.2) is 42.5 Å². The molecule has 6 heteroatoms. The first-order valence-corrected chi connectivity index (χ1v) is 7.31. The minimum atomic E-state index is -0.379. The van der Waals surface area contributed by atoms with E-state index in [1.807, 2.05) is 24.3 Å². The zero-order valence-corrected chi connectivity index (χ0v) is 13.1. The summed E-state index contributed by atoms with van der Waals surface area (Å²) >= 11 is 0. The van der Waals surface area contributed by atoms with Crippen molar-refractivity contribution in [1.29, 1.82) is 0 Å². The Labute approximate surface area is 134 Å². The van der Waals surface area contributed by atoms with Gasteiger partial charge in [0.15, 0.2) is 0 Å². The number of hydrogen-bond acceptors (Lipinski definition) is 4. The third kappa shape index (κ3) is 4.81. The molecule has 120 valence electrons. The number of rotatable bonds is 6. The molecule has 0 heterocycles. The summed E-state index contributed by atoms with van der Waals surface area (Å²) < 4.78 is 0. The number of aryl methyl sites for hydroxylation is 1. The van der Waals surface area contributed by atoms with Gasteiger partial charge in [-0.25, -0.2) is 0 Å². The Balaban J connectivity index is 1.88. The van der Waals surface area contributed by atoms with Crippen LogP contribution in [0, 0.1) is 17.0 Å². The summed E-state index contributed by atoms with van der Waals surface area (Å²) in [5.74, 6) is -0.0899. The zero-order valence-electron chi connectivity index (χ0n) is 13.1. The predicted octanol–water partition coefficient (Wildman–Crippen LogP) is 3.52. The molecule has 0 aliphatic heterocycles. The summed E-state index contributed by atoms with van der Waals surface area (Å²) in [6, 6.07) is 12.7. The maximum absolute atomic E-state index is 11.0. The molecule has 23 heavy (non-hydrogen) atoms. The van der Waals surface area contributed by atoms with Gasteiger partial charge >= 0.3 is 0 Å². The van der Waals surface area contributed by atoms with E-state index in [0.717, 1.165) is 29.9 Å². The molecule has 0 saturated heterocycles. The van der Waals surface area contributed by atoms with E-state index in [2.05, 4.69) is 10.6 Å². The second-order valence-electron chi connectivity index (χ2n) is 5.31. The molecule has 0 unspecified atom stereocenters. The highest BCUT2D eigenvalue weighted by atomic mass is 16.6. The van der Waals surface area contributed by atoms with Crippen LogP contribution in [0.5, 0.6) is 0 Å². The minimum absolute atomic E-state index is 0.0899. The lowest BCUT2D eigenvalue weighted by Gasteiger charge is -2.08. The van der Waals surface area contributed by atoms with Crippen molar-refractivity contribution in [3.05, 3.63) is 63.7 Å². The molecule has 0 aliphatic rings. The van der Waals surface area contributed by atoms with E-state index in [1.165, 1.54) is 13.0 Å². The Kier molecular flexibility index (Phi) is 5.30. The lowest BCUT2D eigenvalue weighted by molar-refractivity contribution is -0.385. The Hall–Kier alpha value is -2.89. The van der Waals surface area contributed by atoms with E-state index >= 15 is 0 Å². The largest absolute Gasteiger partial charge is 0.385 e. The monoisotopic (exact) mass is 313 g/mol. The van der Waals surface area contributed by atoms with Crippen molar-refractivity contribution in [2.24, 2.45) is 0 Å². The summed E-state index contributed by atoms with van der Waals surface area (Å²) in [4.78, 5) is 21.4. The molecule has 6 nitrogen and oxygen atoms in total. The number of nitrogens with one attached hydrogen (secondary N) is 2. The fourth-order valence-corrected chi connectivity index (χ4v) is 2.28. The summed E-state index contributed by atoms with van der Waals surface area (Å²) in [5, 5.41) is 16.8. The van der Waals surface area contributed by atoms with Gasteiger partial charge in [0.2, 0.25) is 5.91 Å². The highest BCUT2D eigenvalue weighted by Crippen LogP contribution is 2.21. The van der Waals surface area contributed by atoms with Crippen molar-refractivity contribution in [2.75, 3.05) is 17.2 Å². The summed E-state index contributed by atoms with van der Waals surface area (Å²) in [5.41, 5.74) is 3.55. The molecule has 0 aliphatic carbocycles. The molecule has 1 amide bonds. The van der Waals surface area contributed by atoms with Crippen LogP contribution >= 0.6 is 0 Å². The molecule has 0 fully saturated rings. The number of anilines is 2. The first kappa shape index (κ1) is 16.5. The van der Waals surface area contributed by atoms with Crippen LogP contribution in [-0.2, 0) is 11.2 Å². The number of benzene rings is 2. The third-order valence-corrected chi connectivity index (χ3v) is 3.41. The van der Waals surface area contributed by atoms with Crippen molar-refractivity contribution in [2.45, 2.75) is 20.3 Å². The summed E-state index contributed by atoms with van der Waals surface area (Å²) in [6.07, 6.45) is 0.816. The van der Waals surface area contributed by atoms with Crippen molar-refractivity contribution < 1.29 is 9.72 Å². The maximum atomic E-state index is 11.0. The molecule has 2 N–H and O–H groups in total. The smallest absolute Gasteiger partial charge is 0.272 e. The van der Waals surface area contributed by atoms with Crippen molar-refractivity contribution >= 4 is 23.0 Å². The Morgan fingerprint density at radius 1 is 1.13 bits per heavy atom. The van der Waals surface area contributed by atoms with E-state index in [4.69, 9.17) is 0 Å². The van der Waals surface area contributed by atoms with E-state index in [1.54, 1.807) is 19.1 Å². The Bertz CT molecular complexity index is 712. The average Bonchev–Trinajstić information content (AvgIpc) is 2.48. The standard InChI is InChI=1S/C17H19N3O3/c1-12-11-16(7-8-17(12)20(22)23)18-10-9-14-3-5-15(6-4-14)19-13(2)21/h3-8,11,18H,9-10H2,1-2H3,(H,19,21). The minimum Gasteiger partial charge on any atom is -0.385 e. The van der Waals surface area contributed by atoms with Crippen molar-refractivity contribution in [1.82, 2.24) is 0 Å². The molecule has 2 aromatic carbocycles. The zero-order chi connectivity index (χ0) is 16.8.